The molecule has 1 rings (SSSR count). The molecular formula is C7H10N4O2. The van der Waals surface area contributed by atoms with Gasteiger partial charge in [-0.15, -0.1) is 11.7 Å². The van der Waals surface area contributed by atoms with E-state index in [2.05, 4.69) is 22.1 Å². The van der Waals surface area contributed by atoms with E-state index < -0.39 is 11.2 Å². The lowest BCUT2D eigenvalue weighted by Gasteiger charge is -2.06. The minimum atomic E-state index is -0.623. The molecule has 0 radical (unpaired) electrons. The summed E-state index contributed by atoms with van der Waals surface area (Å²) in [5.74, 6) is 0.0759. The Hall–Kier alpha value is -1.85. The van der Waals surface area contributed by atoms with Gasteiger partial charge in [-0.3, -0.25) is 9.78 Å². The summed E-state index contributed by atoms with van der Waals surface area (Å²) in [5, 5.41) is 8.38. The maximum Gasteiger partial charge on any atom is 0.342 e. The SMILES string of the molecule is C=CC(C)Nc1n[nH]c(=O)[nH]c1=O. The predicted octanol–water partition coefficient (Wildman–Crippen LogP) is -0.555. The number of H-pyrrole nitrogens is 2. The van der Waals surface area contributed by atoms with Crippen LogP contribution >= 0.6 is 0 Å². The largest absolute Gasteiger partial charge is 0.358 e. The second-order valence-electron chi connectivity index (χ2n) is 2.52. The summed E-state index contributed by atoms with van der Waals surface area (Å²) in [7, 11) is 0. The molecule has 1 unspecified atom stereocenters. The lowest BCUT2D eigenvalue weighted by molar-refractivity contribution is 0.866. The number of rotatable bonds is 3. The van der Waals surface area contributed by atoms with Crippen LogP contribution in [0.5, 0.6) is 0 Å². The van der Waals surface area contributed by atoms with Gasteiger partial charge >= 0.3 is 5.69 Å². The summed E-state index contributed by atoms with van der Waals surface area (Å²) >= 11 is 0. The van der Waals surface area contributed by atoms with Gasteiger partial charge in [-0.1, -0.05) is 6.08 Å². The molecule has 1 aromatic heterocycles. The molecule has 13 heavy (non-hydrogen) atoms. The molecule has 0 aromatic carbocycles. The third-order valence-corrected chi connectivity index (χ3v) is 1.43. The van der Waals surface area contributed by atoms with Crippen LogP contribution in [0.15, 0.2) is 22.2 Å². The van der Waals surface area contributed by atoms with Crippen LogP contribution in [0.25, 0.3) is 0 Å². The first-order chi connectivity index (χ1) is 6.13. The summed E-state index contributed by atoms with van der Waals surface area (Å²) in [6.07, 6.45) is 1.62. The number of nitrogens with one attached hydrogen (secondary N) is 3. The normalized spacial score (nSPS) is 12.1. The zero-order chi connectivity index (χ0) is 9.84. The van der Waals surface area contributed by atoms with Crippen molar-refractivity contribution in [2.75, 3.05) is 5.32 Å². The van der Waals surface area contributed by atoms with Crippen LogP contribution in [-0.4, -0.2) is 21.2 Å². The first kappa shape index (κ1) is 9.24. The van der Waals surface area contributed by atoms with Gasteiger partial charge in [0.1, 0.15) is 0 Å². The molecule has 0 fully saturated rings. The molecule has 0 spiro atoms. The number of hydrogen-bond donors (Lipinski definition) is 3. The van der Waals surface area contributed by atoms with Crippen LogP contribution in [0.3, 0.4) is 0 Å². The average Bonchev–Trinajstić information content (AvgIpc) is 2.09. The summed E-state index contributed by atoms with van der Waals surface area (Å²) in [4.78, 5) is 23.7. The van der Waals surface area contributed by atoms with Crippen LogP contribution in [-0.2, 0) is 0 Å². The van der Waals surface area contributed by atoms with Gasteiger partial charge in [-0.25, -0.2) is 9.89 Å². The van der Waals surface area contributed by atoms with Gasteiger partial charge in [0.15, 0.2) is 0 Å². The van der Waals surface area contributed by atoms with Crippen LogP contribution in [0.1, 0.15) is 6.92 Å². The molecule has 1 aromatic rings. The monoisotopic (exact) mass is 182 g/mol. The van der Waals surface area contributed by atoms with Crippen molar-refractivity contribution in [3.8, 4) is 0 Å². The Morgan fingerprint density at radius 2 is 2.31 bits per heavy atom. The first-order valence-electron chi connectivity index (χ1n) is 3.71. The molecule has 1 heterocycles. The standard InChI is InChI=1S/C7H10N4O2/c1-3-4(2)8-5-6(12)9-7(13)11-10-5/h3-4H,1H2,2H3,(H,8,10)(H2,9,11,12,13). The van der Waals surface area contributed by atoms with Crippen molar-refractivity contribution in [2.45, 2.75) is 13.0 Å². The predicted molar refractivity (Wildman–Crippen MR) is 48.8 cm³/mol. The van der Waals surface area contributed by atoms with Gasteiger partial charge in [0.05, 0.1) is 0 Å². The molecule has 0 aliphatic heterocycles. The highest BCUT2D eigenvalue weighted by molar-refractivity contribution is 5.31. The van der Waals surface area contributed by atoms with E-state index in [1.165, 1.54) is 0 Å². The summed E-state index contributed by atoms with van der Waals surface area (Å²) in [6.45, 7) is 5.33. The van der Waals surface area contributed by atoms with E-state index in [1.54, 1.807) is 13.0 Å². The Morgan fingerprint density at radius 1 is 1.62 bits per heavy atom. The number of aromatic amines is 2. The van der Waals surface area contributed by atoms with Crippen molar-refractivity contribution in [3.63, 3.8) is 0 Å². The third-order valence-electron chi connectivity index (χ3n) is 1.43. The van der Waals surface area contributed by atoms with Crippen molar-refractivity contribution in [1.29, 1.82) is 0 Å². The summed E-state index contributed by atoms with van der Waals surface area (Å²) in [5.41, 5.74) is -1.17. The van der Waals surface area contributed by atoms with E-state index in [0.29, 0.717) is 0 Å². The number of anilines is 1. The van der Waals surface area contributed by atoms with Crippen LogP contribution < -0.4 is 16.6 Å². The highest BCUT2D eigenvalue weighted by Gasteiger charge is 2.02. The van der Waals surface area contributed by atoms with Gasteiger partial charge in [0.25, 0.3) is 5.56 Å². The van der Waals surface area contributed by atoms with Crippen molar-refractivity contribution in [3.05, 3.63) is 33.5 Å². The smallest absolute Gasteiger partial charge is 0.342 e. The van der Waals surface area contributed by atoms with Gasteiger partial charge < -0.3 is 5.32 Å². The zero-order valence-corrected chi connectivity index (χ0v) is 7.13. The second-order valence-corrected chi connectivity index (χ2v) is 2.52. The first-order valence-corrected chi connectivity index (χ1v) is 3.71. The van der Waals surface area contributed by atoms with Crippen molar-refractivity contribution in [2.24, 2.45) is 0 Å². The molecule has 1 atom stereocenters. The zero-order valence-electron chi connectivity index (χ0n) is 7.13. The Morgan fingerprint density at radius 3 is 2.85 bits per heavy atom. The molecule has 0 aliphatic rings. The molecule has 0 saturated carbocycles. The van der Waals surface area contributed by atoms with Crippen LogP contribution in [0.2, 0.25) is 0 Å². The fraction of sp³-hybridized carbons (Fsp3) is 0.286. The molecule has 0 aliphatic carbocycles. The molecule has 6 heteroatoms. The van der Waals surface area contributed by atoms with E-state index in [0.717, 1.165) is 0 Å². The van der Waals surface area contributed by atoms with E-state index in [-0.39, 0.29) is 11.9 Å². The lowest BCUT2D eigenvalue weighted by Crippen LogP contribution is -2.29. The van der Waals surface area contributed by atoms with Crippen molar-refractivity contribution >= 4 is 5.82 Å². The van der Waals surface area contributed by atoms with Gasteiger partial charge in [-0.2, -0.15) is 0 Å². The number of aromatic nitrogens is 3. The topological polar surface area (TPSA) is 90.6 Å². The van der Waals surface area contributed by atoms with Gasteiger partial charge in [-0.05, 0) is 6.92 Å². The minimum absolute atomic E-state index is 0.0759. The average molecular weight is 182 g/mol. The number of nitrogens with zero attached hydrogens (tertiary/aromatic N) is 1. The fourth-order valence-electron chi connectivity index (χ4n) is 0.720. The molecule has 0 amide bonds. The lowest BCUT2D eigenvalue weighted by atomic mass is 10.3. The molecule has 3 N–H and O–H groups in total. The Bertz CT molecular complexity index is 405. The van der Waals surface area contributed by atoms with Crippen LogP contribution in [0.4, 0.5) is 5.82 Å². The van der Waals surface area contributed by atoms with Crippen molar-refractivity contribution < 1.29 is 0 Å². The van der Waals surface area contributed by atoms with E-state index in [4.69, 9.17) is 0 Å². The molecule has 6 nitrogen and oxygen atoms in total. The van der Waals surface area contributed by atoms with E-state index in [1.807, 2.05) is 4.98 Å². The Balaban J connectivity index is 2.96. The quantitative estimate of drug-likeness (QED) is 0.547. The molecule has 0 bridgehead atoms. The summed E-state index contributed by atoms with van der Waals surface area (Å²) in [6, 6.07) is -0.0838. The Kier molecular flexibility index (Phi) is 2.63. The molecule has 0 saturated heterocycles. The van der Waals surface area contributed by atoms with Gasteiger partial charge in [0.2, 0.25) is 5.82 Å². The molecular weight excluding hydrogens is 172 g/mol. The van der Waals surface area contributed by atoms with Crippen LogP contribution in [0, 0.1) is 0 Å². The Labute approximate surface area is 73.7 Å². The van der Waals surface area contributed by atoms with Gasteiger partial charge in [0, 0.05) is 6.04 Å². The maximum absolute atomic E-state index is 11.1. The number of hydrogen-bond acceptors (Lipinski definition) is 4. The fourth-order valence-corrected chi connectivity index (χ4v) is 0.720. The van der Waals surface area contributed by atoms with E-state index in [9.17, 15) is 9.59 Å². The second kappa shape index (κ2) is 3.70. The van der Waals surface area contributed by atoms with E-state index >= 15 is 0 Å². The van der Waals surface area contributed by atoms with Crippen molar-refractivity contribution in [1.82, 2.24) is 15.2 Å². The minimum Gasteiger partial charge on any atom is -0.358 e. The third kappa shape index (κ3) is 2.29. The molecule has 70 valence electrons. The highest BCUT2D eigenvalue weighted by Crippen LogP contribution is 1.92. The highest BCUT2D eigenvalue weighted by atomic mass is 16.2. The summed E-state index contributed by atoms with van der Waals surface area (Å²) < 4.78 is 0. The maximum atomic E-state index is 11.1.